The minimum Gasteiger partial charge on any atom is -0.381 e. The predicted molar refractivity (Wildman–Crippen MR) is 80.5 cm³/mol. The third-order valence-corrected chi connectivity index (χ3v) is 3.62. The van der Waals surface area contributed by atoms with Crippen LogP contribution in [0.4, 0.5) is 0 Å². The molecule has 0 amide bonds. The number of ether oxygens (including phenoxy) is 2. The molecular weight excluding hydrogens is 238 g/mol. The van der Waals surface area contributed by atoms with Gasteiger partial charge in [0.05, 0.1) is 12.2 Å². The maximum Gasteiger partial charge on any atom is 0.0598 e. The van der Waals surface area contributed by atoms with E-state index >= 15 is 0 Å². The maximum atomic E-state index is 5.90. The molecule has 1 rings (SSSR count). The molecule has 0 spiro atoms. The molecule has 19 heavy (non-hydrogen) atoms. The van der Waals surface area contributed by atoms with Crippen LogP contribution in [0.2, 0.25) is 0 Å². The second-order valence-corrected chi connectivity index (χ2v) is 7.39. The molecule has 3 heteroatoms. The highest BCUT2D eigenvalue weighted by Gasteiger charge is 2.32. The molecule has 1 aliphatic rings. The summed E-state index contributed by atoms with van der Waals surface area (Å²) >= 11 is 0. The molecule has 0 aromatic carbocycles. The Bertz CT molecular complexity index is 240. The van der Waals surface area contributed by atoms with Crippen LogP contribution in [0.3, 0.4) is 0 Å². The van der Waals surface area contributed by atoms with E-state index in [-0.39, 0.29) is 11.0 Å². The molecule has 0 aromatic heterocycles. The highest BCUT2D eigenvalue weighted by Crippen LogP contribution is 2.32. The molecule has 0 saturated carbocycles. The van der Waals surface area contributed by atoms with E-state index in [0.29, 0.717) is 5.92 Å². The summed E-state index contributed by atoms with van der Waals surface area (Å²) < 4.78 is 11.6. The molecule has 0 aromatic rings. The van der Waals surface area contributed by atoms with Crippen LogP contribution in [-0.2, 0) is 9.47 Å². The van der Waals surface area contributed by atoms with Gasteiger partial charge in [-0.05, 0) is 52.5 Å². The summed E-state index contributed by atoms with van der Waals surface area (Å²) in [5.41, 5.74) is 0.237. The first-order valence-corrected chi connectivity index (χ1v) is 7.75. The van der Waals surface area contributed by atoms with Crippen LogP contribution in [0.5, 0.6) is 0 Å². The molecule has 3 nitrogen and oxygen atoms in total. The Hall–Kier alpha value is -0.120. The normalized spacial score (nSPS) is 24.9. The van der Waals surface area contributed by atoms with Gasteiger partial charge in [-0.1, -0.05) is 13.8 Å². The molecule has 1 saturated heterocycles. The van der Waals surface area contributed by atoms with Crippen LogP contribution in [0.25, 0.3) is 0 Å². The third kappa shape index (κ3) is 7.28. The molecule has 114 valence electrons. The molecule has 0 radical (unpaired) electrons. The van der Waals surface area contributed by atoms with Crippen molar-refractivity contribution in [1.82, 2.24) is 5.32 Å². The zero-order chi connectivity index (χ0) is 14.4. The molecule has 1 N–H and O–H groups in total. The monoisotopic (exact) mass is 271 g/mol. The van der Waals surface area contributed by atoms with Crippen molar-refractivity contribution < 1.29 is 9.47 Å². The Morgan fingerprint density at radius 2 is 2.05 bits per heavy atom. The molecule has 1 fully saturated rings. The number of rotatable bonds is 7. The van der Waals surface area contributed by atoms with E-state index < -0.39 is 0 Å². The molecule has 1 aliphatic heterocycles. The van der Waals surface area contributed by atoms with E-state index in [9.17, 15) is 0 Å². The van der Waals surface area contributed by atoms with Crippen molar-refractivity contribution in [2.45, 2.75) is 59.5 Å². The van der Waals surface area contributed by atoms with Crippen molar-refractivity contribution in [3.05, 3.63) is 0 Å². The van der Waals surface area contributed by atoms with E-state index in [1.54, 1.807) is 0 Å². The van der Waals surface area contributed by atoms with Gasteiger partial charge in [-0.2, -0.15) is 0 Å². The Morgan fingerprint density at radius 3 is 2.58 bits per heavy atom. The molecule has 1 heterocycles. The minimum absolute atomic E-state index is 0.0396. The van der Waals surface area contributed by atoms with Crippen molar-refractivity contribution in [2.24, 2.45) is 11.3 Å². The third-order valence-electron chi connectivity index (χ3n) is 3.62. The van der Waals surface area contributed by atoms with Crippen LogP contribution >= 0.6 is 0 Å². The van der Waals surface area contributed by atoms with Gasteiger partial charge in [0.2, 0.25) is 0 Å². The number of hydrogen-bond acceptors (Lipinski definition) is 3. The first-order valence-electron chi connectivity index (χ1n) is 7.75. The van der Waals surface area contributed by atoms with Gasteiger partial charge in [-0.15, -0.1) is 0 Å². The van der Waals surface area contributed by atoms with Gasteiger partial charge in [-0.25, -0.2) is 0 Å². The Labute approximate surface area is 119 Å². The Morgan fingerprint density at radius 1 is 1.32 bits per heavy atom. The van der Waals surface area contributed by atoms with Gasteiger partial charge in [-0.3, -0.25) is 0 Å². The highest BCUT2D eigenvalue weighted by atomic mass is 16.5. The van der Waals surface area contributed by atoms with E-state index in [4.69, 9.17) is 9.47 Å². The van der Waals surface area contributed by atoms with Crippen molar-refractivity contribution in [3.8, 4) is 0 Å². The second-order valence-electron chi connectivity index (χ2n) is 7.39. The van der Waals surface area contributed by atoms with Crippen molar-refractivity contribution in [1.29, 1.82) is 0 Å². The van der Waals surface area contributed by atoms with Gasteiger partial charge in [0.1, 0.15) is 0 Å². The lowest BCUT2D eigenvalue weighted by Crippen LogP contribution is -2.43. The summed E-state index contributed by atoms with van der Waals surface area (Å²) in [5, 5.41) is 3.61. The van der Waals surface area contributed by atoms with Crippen LogP contribution in [0, 0.1) is 11.3 Å². The highest BCUT2D eigenvalue weighted by molar-refractivity contribution is 4.84. The smallest absolute Gasteiger partial charge is 0.0598 e. The number of nitrogens with one attached hydrogen (secondary N) is 1. The summed E-state index contributed by atoms with van der Waals surface area (Å²) in [6, 6.07) is 0. The molecule has 0 bridgehead atoms. The second kappa shape index (κ2) is 7.61. The van der Waals surface area contributed by atoms with Crippen molar-refractivity contribution in [3.63, 3.8) is 0 Å². The first-order chi connectivity index (χ1) is 8.83. The quantitative estimate of drug-likeness (QED) is 0.771. The van der Waals surface area contributed by atoms with Crippen molar-refractivity contribution >= 4 is 0 Å². The van der Waals surface area contributed by atoms with E-state index in [1.807, 2.05) is 0 Å². The van der Waals surface area contributed by atoms with Crippen molar-refractivity contribution in [2.75, 3.05) is 32.9 Å². The lowest BCUT2D eigenvalue weighted by Gasteiger charge is -2.38. The molecule has 1 unspecified atom stereocenters. The SMILES string of the molecule is CC(C)CNCC1(CCOC(C)(C)C)CCCOC1. The van der Waals surface area contributed by atoms with Crippen LogP contribution in [0.1, 0.15) is 53.9 Å². The molecular formula is C16H33NO2. The van der Waals surface area contributed by atoms with Gasteiger partial charge in [0.15, 0.2) is 0 Å². The van der Waals surface area contributed by atoms with Crippen LogP contribution in [0.15, 0.2) is 0 Å². The largest absolute Gasteiger partial charge is 0.381 e. The fraction of sp³-hybridized carbons (Fsp3) is 1.00. The first kappa shape index (κ1) is 16.9. The summed E-state index contributed by atoms with van der Waals surface area (Å²) in [4.78, 5) is 0. The van der Waals surface area contributed by atoms with E-state index in [2.05, 4.69) is 39.9 Å². The summed E-state index contributed by atoms with van der Waals surface area (Å²) in [6.07, 6.45) is 3.53. The van der Waals surface area contributed by atoms with Gasteiger partial charge >= 0.3 is 0 Å². The topological polar surface area (TPSA) is 30.5 Å². The maximum absolute atomic E-state index is 5.90. The summed E-state index contributed by atoms with van der Waals surface area (Å²) in [6.45, 7) is 15.6. The zero-order valence-corrected chi connectivity index (χ0v) is 13.6. The zero-order valence-electron chi connectivity index (χ0n) is 13.6. The van der Waals surface area contributed by atoms with Crippen LogP contribution in [-0.4, -0.2) is 38.5 Å². The summed E-state index contributed by atoms with van der Waals surface area (Å²) in [5.74, 6) is 0.701. The average molecular weight is 271 g/mol. The average Bonchev–Trinajstić information content (AvgIpc) is 2.28. The van der Waals surface area contributed by atoms with Crippen LogP contribution < -0.4 is 5.32 Å². The summed E-state index contributed by atoms with van der Waals surface area (Å²) in [7, 11) is 0. The molecule has 1 atom stereocenters. The van der Waals surface area contributed by atoms with Gasteiger partial charge < -0.3 is 14.8 Å². The van der Waals surface area contributed by atoms with Gasteiger partial charge in [0, 0.05) is 25.2 Å². The fourth-order valence-electron chi connectivity index (χ4n) is 2.53. The van der Waals surface area contributed by atoms with E-state index in [1.165, 1.54) is 12.8 Å². The Balaban J connectivity index is 2.40. The fourth-order valence-corrected chi connectivity index (χ4v) is 2.53. The lowest BCUT2D eigenvalue weighted by atomic mass is 9.79. The molecule has 0 aliphatic carbocycles. The van der Waals surface area contributed by atoms with E-state index in [0.717, 1.165) is 39.3 Å². The van der Waals surface area contributed by atoms with Gasteiger partial charge in [0.25, 0.3) is 0 Å². The standard InChI is InChI=1S/C16H33NO2/c1-14(2)11-17-12-16(7-6-9-18-13-16)8-10-19-15(3,4)5/h14,17H,6-13H2,1-5H3. The predicted octanol–water partition coefficient (Wildman–Crippen LogP) is 3.23. The Kier molecular flexibility index (Phi) is 6.78. The lowest BCUT2D eigenvalue weighted by molar-refractivity contribution is -0.0553. The number of hydrogen-bond donors (Lipinski definition) is 1. The minimum atomic E-state index is -0.0396.